The molecular formula is HCeCoLiNi. The van der Waals surface area contributed by atoms with Gasteiger partial charge in [0.15, 0.2) is 0 Å². The van der Waals surface area contributed by atoms with Crippen molar-refractivity contribution in [2.24, 2.45) is 0 Å². The quantitative estimate of drug-likeness (QED) is 0.413. The fraction of sp³-hybridized carbons (Fsp3) is 0. The smallest absolute Gasteiger partial charge is 1.00 e. The zero-order valence-electron chi connectivity index (χ0n) is 3.15. The Morgan fingerprint density at radius 1 is 1.25 bits per heavy atom. The standard InChI is InChI=1S/Ce.Co.Li.Ni.H/q;;+1;;-1. The predicted octanol–water partition coefficient (Wildman–Crippen LogP) is -2.89. The fourth-order valence-corrected chi connectivity index (χ4v) is 0. The average Bonchev–Trinajstić information content (AvgIpc) is 0. The maximum absolute atomic E-state index is 0. The van der Waals surface area contributed by atoms with Gasteiger partial charge in [0.1, 0.15) is 0 Å². The first-order valence-corrected chi connectivity index (χ1v) is 0. The summed E-state index contributed by atoms with van der Waals surface area (Å²) in [6.07, 6.45) is 0. The van der Waals surface area contributed by atoms with Crippen molar-refractivity contribution in [3.63, 3.8) is 0 Å². The van der Waals surface area contributed by atoms with Crippen molar-refractivity contribution >= 4 is 0 Å². The minimum Gasteiger partial charge on any atom is -1.00 e. The molecule has 0 heterocycles. The van der Waals surface area contributed by atoms with Gasteiger partial charge < -0.3 is 1.43 Å². The maximum Gasteiger partial charge on any atom is 1.00 e. The SMILES string of the molecule is [Ce].[Co].[H-].[Li+].[Ni]. The molecule has 4 heteroatoms. The first-order chi connectivity index (χ1) is 0. The second-order valence-corrected chi connectivity index (χ2v) is 0. The van der Waals surface area contributed by atoms with E-state index < -0.39 is 0 Å². The molecule has 0 aromatic heterocycles. The zero-order chi connectivity index (χ0) is 0. The molecular weight excluding hydrogens is 265 g/mol. The van der Waals surface area contributed by atoms with Crippen LogP contribution in [0.1, 0.15) is 1.43 Å². The Hall–Kier alpha value is 2.97. The molecule has 0 amide bonds. The molecule has 25 valence electrons. The largest absolute Gasteiger partial charge is 1.00 e. The van der Waals surface area contributed by atoms with Gasteiger partial charge in [0, 0.05) is 75.0 Å². The number of hydrogen-bond acceptors (Lipinski definition) is 0. The molecule has 0 unspecified atom stereocenters. The van der Waals surface area contributed by atoms with E-state index in [-0.39, 0.29) is 95.3 Å². The van der Waals surface area contributed by atoms with E-state index in [9.17, 15) is 0 Å². The minimum absolute atomic E-state index is 0. The van der Waals surface area contributed by atoms with Gasteiger partial charge in [-0.2, -0.15) is 0 Å². The van der Waals surface area contributed by atoms with Crippen molar-refractivity contribution in [1.29, 1.82) is 0 Å². The van der Waals surface area contributed by atoms with Crippen molar-refractivity contribution in [3.8, 4) is 0 Å². The molecule has 0 bridgehead atoms. The Labute approximate surface area is 93.4 Å². The van der Waals surface area contributed by atoms with Crippen LogP contribution >= 0.6 is 0 Å². The summed E-state index contributed by atoms with van der Waals surface area (Å²) < 4.78 is 0. The minimum atomic E-state index is 0. The van der Waals surface area contributed by atoms with E-state index in [1.165, 1.54) is 0 Å². The van der Waals surface area contributed by atoms with Gasteiger partial charge in [-0.15, -0.1) is 0 Å². The first kappa shape index (κ1) is 28.1. The van der Waals surface area contributed by atoms with Crippen LogP contribution in [0.25, 0.3) is 0 Å². The van der Waals surface area contributed by atoms with Crippen LogP contribution in [-0.2, 0) is 33.3 Å². The molecule has 0 aliphatic carbocycles. The van der Waals surface area contributed by atoms with Gasteiger partial charge >= 0.3 is 18.9 Å². The molecule has 1 radical (unpaired) electrons. The van der Waals surface area contributed by atoms with Crippen LogP contribution in [-0.4, -0.2) is 0 Å². The third-order valence-electron chi connectivity index (χ3n) is 0. The molecule has 0 spiro atoms. The van der Waals surface area contributed by atoms with Gasteiger partial charge in [-0.3, -0.25) is 0 Å². The third kappa shape index (κ3) is 8.88. The molecule has 0 fully saturated rings. The molecule has 0 atom stereocenters. The Bertz CT molecular complexity index is 11.6. The number of rotatable bonds is 0. The van der Waals surface area contributed by atoms with E-state index in [0.717, 1.165) is 0 Å². The van der Waals surface area contributed by atoms with Crippen LogP contribution < -0.4 is 18.9 Å². The van der Waals surface area contributed by atoms with Crippen molar-refractivity contribution in [2.75, 3.05) is 0 Å². The Balaban J connectivity index is 0. The van der Waals surface area contributed by atoms with Gasteiger partial charge in [-0.25, -0.2) is 0 Å². The van der Waals surface area contributed by atoms with E-state index in [4.69, 9.17) is 0 Å². The topological polar surface area (TPSA) is 0 Å². The molecule has 0 aromatic rings. The first-order valence-electron chi connectivity index (χ1n) is 0. The summed E-state index contributed by atoms with van der Waals surface area (Å²) in [7, 11) is 0. The van der Waals surface area contributed by atoms with E-state index in [2.05, 4.69) is 0 Å². The Morgan fingerprint density at radius 2 is 1.25 bits per heavy atom. The average molecular weight is 266 g/mol. The summed E-state index contributed by atoms with van der Waals surface area (Å²) in [4.78, 5) is 0. The summed E-state index contributed by atoms with van der Waals surface area (Å²) in [5.41, 5.74) is 0. The monoisotopic (exact) mass is 265 g/mol. The van der Waals surface area contributed by atoms with E-state index in [0.29, 0.717) is 0 Å². The van der Waals surface area contributed by atoms with Gasteiger partial charge in [0.25, 0.3) is 0 Å². The van der Waals surface area contributed by atoms with Crippen molar-refractivity contribution in [2.45, 2.75) is 0 Å². The normalized spacial score (nSPS) is 0. The summed E-state index contributed by atoms with van der Waals surface area (Å²) in [6.45, 7) is 0. The molecule has 0 rings (SSSR count). The summed E-state index contributed by atoms with van der Waals surface area (Å²) >= 11 is 0. The van der Waals surface area contributed by atoms with Crippen LogP contribution in [0.4, 0.5) is 0 Å². The van der Waals surface area contributed by atoms with Crippen molar-refractivity contribution in [1.82, 2.24) is 0 Å². The maximum atomic E-state index is 0. The summed E-state index contributed by atoms with van der Waals surface area (Å²) in [6, 6.07) is 0. The van der Waals surface area contributed by atoms with Crippen LogP contribution in [0.15, 0.2) is 0 Å². The Kier molecular flexibility index (Phi) is 118. The molecule has 0 aliphatic rings. The van der Waals surface area contributed by atoms with E-state index in [1.807, 2.05) is 0 Å². The summed E-state index contributed by atoms with van der Waals surface area (Å²) in [5, 5.41) is 0. The van der Waals surface area contributed by atoms with Gasteiger partial charge in [-0.1, -0.05) is 0 Å². The molecule has 0 aromatic carbocycles. The van der Waals surface area contributed by atoms with E-state index >= 15 is 0 Å². The van der Waals surface area contributed by atoms with Crippen LogP contribution in [0, 0.1) is 41.7 Å². The van der Waals surface area contributed by atoms with Gasteiger partial charge in [0.2, 0.25) is 0 Å². The molecule has 0 nitrogen and oxygen atoms in total. The predicted molar refractivity (Wildman–Crippen MR) is 1.11 cm³/mol. The van der Waals surface area contributed by atoms with Crippen LogP contribution in [0.2, 0.25) is 0 Å². The van der Waals surface area contributed by atoms with Crippen molar-refractivity contribution in [3.05, 3.63) is 0 Å². The molecule has 0 saturated carbocycles. The number of hydrogen-bond donors (Lipinski definition) is 0. The summed E-state index contributed by atoms with van der Waals surface area (Å²) in [5.74, 6) is 0. The molecule has 0 aliphatic heterocycles. The fourth-order valence-electron chi connectivity index (χ4n) is 0. The van der Waals surface area contributed by atoms with E-state index in [1.54, 1.807) is 0 Å². The van der Waals surface area contributed by atoms with Crippen molar-refractivity contribution < 1.29 is 95.3 Å². The van der Waals surface area contributed by atoms with Gasteiger partial charge in [-0.05, 0) is 0 Å². The van der Waals surface area contributed by atoms with Gasteiger partial charge in [0.05, 0.1) is 0 Å². The van der Waals surface area contributed by atoms with Crippen LogP contribution in [0.5, 0.6) is 0 Å². The third-order valence-corrected chi connectivity index (χ3v) is 0. The molecule has 0 saturated heterocycles. The second-order valence-electron chi connectivity index (χ2n) is 0. The van der Waals surface area contributed by atoms with Crippen LogP contribution in [0.3, 0.4) is 0 Å². The molecule has 0 N–H and O–H groups in total. The zero-order valence-corrected chi connectivity index (χ0v) is 7.32. The Morgan fingerprint density at radius 3 is 1.25 bits per heavy atom. The molecule has 4 heavy (non-hydrogen) atoms. The second kappa shape index (κ2) is 16.7.